The number of nitrogens with one attached hydrogen (secondary N) is 2. The second-order valence-electron chi connectivity index (χ2n) is 9.60. The summed E-state index contributed by atoms with van der Waals surface area (Å²) in [5.41, 5.74) is 2.43. The number of carbonyl (C=O) groups excluding carboxylic acids is 2. The minimum absolute atomic E-state index is 0.120. The zero-order chi connectivity index (χ0) is 26.5. The van der Waals surface area contributed by atoms with Crippen LogP contribution >= 0.6 is 11.3 Å². The zero-order valence-corrected chi connectivity index (χ0v) is 22.6. The molecular formula is C30H33N3O4S. The predicted octanol–water partition coefficient (Wildman–Crippen LogP) is 6.01. The molecule has 1 unspecified atom stereocenters. The highest BCUT2D eigenvalue weighted by Crippen LogP contribution is 2.37. The van der Waals surface area contributed by atoms with E-state index in [1.807, 2.05) is 54.0 Å². The standard InChI is InChI=1S/C30H33N3O4S/c1-36-25-15-14-22(18-26(25)37-2)33(28(34)17-20-19-31-24-12-7-6-11-23(20)24)29(27-13-8-16-38-27)30(35)32-21-9-4-3-5-10-21/h6-8,11-16,18-19,21,29,31H,3-5,9-10,17H2,1-2H3,(H,32,35). The van der Waals surface area contributed by atoms with Crippen molar-refractivity contribution in [2.75, 3.05) is 19.1 Å². The molecule has 7 nitrogen and oxygen atoms in total. The minimum atomic E-state index is -0.812. The molecule has 4 aromatic rings. The quantitative estimate of drug-likeness (QED) is 0.277. The maximum absolute atomic E-state index is 14.2. The Labute approximate surface area is 226 Å². The van der Waals surface area contributed by atoms with Crippen LogP contribution in [0.4, 0.5) is 5.69 Å². The van der Waals surface area contributed by atoms with Crippen molar-refractivity contribution in [3.8, 4) is 11.5 Å². The lowest BCUT2D eigenvalue weighted by Gasteiger charge is -2.33. The Kier molecular flexibility index (Phi) is 7.98. The van der Waals surface area contributed by atoms with Gasteiger partial charge in [0.05, 0.1) is 20.6 Å². The molecule has 1 aliphatic carbocycles. The van der Waals surface area contributed by atoms with Crippen molar-refractivity contribution in [2.45, 2.75) is 50.6 Å². The first-order chi connectivity index (χ1) is 18.6. The van der Waals surface area contributed by atoms with E-state index in [1.165, 1.54) is 17.8 Å². The fourth-order valence-corrected chi connectivity index (χ4v) is 6.10. The van der Waals surface area contributed by atoms with Crippen LogP contribution in [0.1, 0.15) is 48.6 Å². The Morgan fingerprint density at radius 3 is 2.55 bits per heavy atom. The largest absolute Gasteiger partial charge is 0.493 e. The number of rotatable bonds is 9. The molecule has 1 saturated carbocycles. The molecule has 2 heterocycles. The van der Waals surface area contributed by atoms with Crippen molar-refractivity contribution in [3.63, 3.8) is 0 Å². The summed E-state index contributed by atoms with van der Waals surface area (Å²) in [4.78, 5) is 33.8. The number of nitrogens with zero attached hydrogens (tertiary/aromatic N) is 1. The van der Waals surface area contributed by atoms with Crippen LogP contribution in [-0.4, -0.2) is 37.1 Å². The molecule has 0 saturated heterocycles. The lowest BCUT2D eigenvalue weighted by Crippen LogP contribution is -2.47. The van der Waals surface area contributed by atoms with Crippen LogP contribution in [0.5, 0.6) is 11.5 Å². The van der Waals surface area contributed by atoms with Gasteiger partial charge in [0.2, 0.25) is 11.8 Å². The Morgan fingerprint density at radius 2 is 1.82 bits per heavy atom. The number of aromatic amines is 1. The van der Waals surface area contributed by atoms with E-state index in [1.54, 1.807) is 31.3 Å². The topological polar surface area (TPSA) is 83.7 Å². The van der Waals surface area contributed by atoms with Crippen molar-refractivity contribution in [3.05, 3.63) is 76.6 Å². The van der Waals surface area contributed by atoms with E-state index < -0.39 is 6.04 Å². The molecule has 0 bridgehead atoms. The van der Waals surface area contributed by atoms with Crippen LogP contribution in [0.3, 0.4) is 0 Å². The molecule has 8 heteroatoms. The summed E-state index contributed by atoms with van der Waals surface area (Å²) in [5.74, 6) is 0.702. The van der Waals surface area contributed by atoms with Crippen molar-refractivity contribution in [1.29, 1.82) is 0 Å². The Hall–Kier alpha value is -3.78. The summed E-state index contributed by atoms with van der Waals surface area (Å²) in [6.45, 7) is 0. The number of fused-ring (bicyclic) bond motifs is 1. The first kappa shape index (κ1) is 25.9. The number of para-hydroxylation sites is 1. The number of H-pyrrole nitrogens is 1. The number of ether oxygens (including phenoxy) is 2. The van der Waals surface area contributed by atoms with Gasteiger partial charge in [0.15, 0.2) is 11.5 Å². The monoisotopic (exact) mass is 531 g/mol. The second-order valence-corrected chi connectivity index (χ2v) is 10.6. The summed E-state index contributed by atoms with van der Waals surface area (Å²) in [6, 6.07) is 16.4. The summed E-state index contributed by atoms with van der Waals surface area (Å²) in [5, 5.41) is 6.19. The number of hydrogen-bond acceptors (Lipinski definition) is 5. The lowest BCUT2D eigenvalue weighted by molar-refractivity contribution is -0.127. The summed E-state index contributed by atoms with van der Waals surface area (Å²) >= 11 is 1.47. The Balaban J connectivity index is 1.56. The van der Waals surface area contributed by atoms with Crippen LogP contribution in [0, 0.1) is 0 Å². The van der Waals surface area contributed by atoms with Gasteiger partial charge in [-0.15, -0.1) is 11.3 Å². The number of carbonyl (C=O) groups is 2. The van der Waals surface area contributed by atoms with E-state index >= 15 is 0 Å². The van der Waals surface area contributed by atoms with Crippen molar-refractivity contribution in [2.24, 2.45) is 0 Å². The van der Waals surface area contributed by atoms with Gasteiger partial charge in [0.25, 0.3) is 0 Å². The van der Waals surface area contributed by atoms with E-state index in [0.717, 1.165) is 47.0 Å². The van der Waals surface area contributed by atoms with Crippen LogP contribution < -0.4 is 19.7 Å². The highest BCUT2D eigenvalue weighted by molar-refractivity contribution is 7.10. The third-order valence-electron chi connectivity index (χ3n) is 7.20. The zero-order valence-electron chi connectivity index (χ0n) is 21.7. The number of anilines is 1. The van der Waals surface area contributed by atoms with Gasteiger partial charge in [-0.2, -0.15) is 0 Å². The molecule has 0 spiro atoms. The molecule has 2 N–H and O–H groups in total. The smallest absolute Gasteiger partial charge is 0.248 e. The van der Waals surface area contributed by atoms with E-state index in [9.17, 15) is 9.59 Å². The Morgan fingerprint density at radius 1 is 1.03 bits per heavy atom. The van der Waals surface area contributed by atoms with Crippen molar-refractivity contribution in [1.82, 2.24) is 10.3 Å². The molecule has 198 valence electrons. The lowest BCUT2D eigenvalue weighted by atomic mass is 9.95. The Bertz CT molecular complexity index is 1390. The number of methoxy groups -OCH3 is 2. The molecular weight excluding hydrogens is 498 g/mol. The average molecular weight is 532 g/mol. The normalized spacial score (nSPS) is 14.7. The summed E-state index contributed by atoms with van der Waals surface area (Å²) in [6.07, 6.45) is 7.34. The molecule has 2 amide bonds. The third kappa shape index (κ3) is 5.41. The first-order valence-corrected chi connectivity index (χ1v) is 13.9. The van der Waals surface area contributed by atoms with Crippen molar-refractivity contribution < 1.29 is 19.1 Å². The van der Waals surface area contributed by atoms with Gasteiger partial charge in [-0.05, 0) is 48.1 Å². The van der Waals surface area contributed by atoms with E-state index in [0.29, 0.717) is 17.2 Å². The van der Waals surface area contributed by atoms with Crippen LogP contribution in [0.2, 0.25) is 0 Å². The number of benzene rings is 2. The van der Waals surface area contributed by atoms with Gasteiger partial charge >= 0.3 is 0 Å². The second kappa shape index (κ2) is 11.7. The highest BCUT2D eigenvalue weighted by atomic mass is 32.1. The van der Waals surface area contributed by atoms with Gasteiger partial charge in [0, 0.05) is 39.8 Å². The van der Waals surface area contributed by atoms with Crippen LogP contribution in [0.15, 0.2) is 66.2 Å². The molecule has 1 atom stereocenters. The van der Waals surface area contributed by atoms with Gasteiger partial charge in [0.1, 0.15) is 6.04 Å². The van der Waals surface area contributed by atoms with Gasteiger partial charge < -0.3 is 19.8 Å². The molecule has 2 aromatic heterocycles. The van der Waals surface area contributed by atoms with E-state index in [2.05, 4.69) is 10.3 Å². The molecule has 0 aliphatic heterocycles. The van der Waals surface area contributed by atoms with E-state index in [-0.39, 0.29) is 24.3 Å². The summed E-state index contributed by atoms with van der Waals surface area (Å²) < 4.78 is 11.0. The van der Waals surface area contributed by atoms with Gasteiger partial charge in [-0.3, -0.25) is 14.5 Å². The molecule has 0 radical (unpaired) electrons. The molecule has 2 aromatic carbocycles. The van der Waals surface area contributed by atoms with Gasteiger partial charge in [-0.1, -0.05) is 43.5 Å². The first-order valence-electron chi connectivity index (χ1n) is 13.0. The number of thiophene rings is 1. The minimum Gasteiger partial charge on any atom is -0.493 e. The van der Waals surface area contributed by atoms with Crippen LogP contribution in [0.25, 0.3) is 10.9 Å². The molecule has 5 rings (SSSR count). The average Bonchev–Trinajstić information content (AvgIpc) is 3.62. The fraction of sp³-hybridized carbons (Fsp3) is 0.333. The van der Waals surface area contributed by atoms with Gasteiger partial charge in [-0.25, -0.2) is 0 Å². The number of hydrogen-bond donors (Lipinski definition) is 2. The predicted molar refractivity (Wildman–Crippen MR) is 151 cm³/mol. The molecule has 1 aliphatic rings. The maximum atomic E-state index is 14.2. The number of aromatic nitrogens is 1. The van der Waals surface area contributed by atoms with Crippen molar-refractivity contribution >= 4 is 39.7 Å². The molecule has 38 heavy (non-hydrogen) atoms. The van der Waals surface area contributed by atoms with E-state index in [4.69, 9.17) is 9.47 Å². The van der Waals surface area contributed by atoms with Crippen LogP contribution in [-0.2, 0) is 16.0 Å². The third-order valence-corrected chi connectivity index (χ3v) is 8.13. The highest BCUT2D eigenvalue weighted by Gasteiger charge is 2.35. The number of amides is 2. The maximum Gasteiger partial charge on any atom is 0.248 e. The SMILES string of the molecule is COc1ccc(N(C(=O)Cc2c[nH]c3ccccc23)C(C(=O)NC2CCCCC2)c2cccs2)cc1OC. The fourth-order valence-electron chi connectivity index (χ4n) is 5.29. The summed E-state index contributed by atoms with van der Waals surface area (Å²) in [7, 11) is 3.13. The molecule has 1 fully saturated rings.